The first-order valence-corrected chi connectivity index (χ1v) is 7.94. The summed E-state index contributed by atoms with van der Waals surface area (Å²) in [5.74, 6) is -0.530. The van der Waals surface area contributed by atoms with Crippen molar-refractivity contribution in [2.45, 2.75) is 6.54 Å². The fraction of sp³-hybridized carbons (Fsp3) is 0.294. The molecule has 0 aliphatic heterocycles. The van der Waals surface area contributed by atoms with Crippen molar-refractivity contribution in [2.24, 2.45) is 0 Å². The Morgan fingerprint density at radius 2 is 1.61 bits per heavy atom. The van der Waals surface area contributed by atoms with Gasteiger partial charge in [-0.05, 0) is 29.8 Å². The minimum atomic E-state index is -0.420. The average molecular weight is 332 g/mol. The molecule has 0 fully saturated rings. The van der Waals surface area contributed by atoms with Gasteiger partial charge in [-0.3, -0.25) is 4.79 Å². The SMILES string of the molecule is COC(=O)c1ccc(C(=O)N(C)Cc2ccc(N(C)C)cc2)s1. The van der Waals surface area contributed by atoms with Gasteiger partial charge in [-0.2, -0.15) is 0 Å². The second-order valence-corrected chi connectivity index (χ2v) is 6.46. The number of carbonyl (C=O) groups is 2. The molecule has 2 aromatic rings. The van der Waals surface area contributed by atoms with E-state index in [1.165, 1.54) is 7.11 Å². The monoisotopic (exact) mass is 332 g/mol. The average Bonchev–Trinajstić information content (AvgIpc) is 3.03. The fourth-order valence-electron chi connectivity index (χ4n) is 2.10. The Kier molecular flexibility index (Phi) is 5.39. The smallest absolute Gasteiger partial charge is 0.348 e. The molecule has 0 aliphatic carbocycles. The maximum absolute atomic E-state index is 12.4. The van der Waals surface area contributed by atoms with Gasteiger partial charge in [0.15, 0.2) is 0 Å². The molecule has 5 nitrogen and oxygen atoms in total. The minimum absolute atomic E-state index is 0.109. The number of carbonyl (C=O) groups excluding carboxylic acids is 2. The Bertz CT molecular complexity index is 692. The molecular weight excluding hydrogens is 312 g/mol. The van der Waals surface area contributed by atoms with E-state index in [0.717, 1.165) is 22.6 Å². The lowest BCUT2D eigenvalue weighted by molar-refractivity contribution is 0.0606. The molecule has 2 rings (SSSR count). The van der Waals surface area contributed by atoms with Crippen molar-refractivity contribution in [3.63, 3.8) is 0 Å². The number of thiophene rings is 1. The van der Waals surface area contributed by atoms with E-state index in [0.29, 0.717) is 16.3 Å². The van der Waals surface area contributed by atoms with Crippen LogP contribution in [0, 0.1) is 0 Å². The zero-order chi connectivity index (χ0) is 17.0. The van der Waals surface area contributed by atoms with Crippen LogP contribution in [0.1, 0.15) is 24.9 Å². The van der Waals surface area contributed by atoms with E-state index >= 15 is 0 Å². The molecule has 6 heteroatoms. The van der Waals surface area contributed by atoms with Crippen molar-refractivity contribution in [3.05, 3.63) is 51.7 Å². The van der Waals surface area contributed by atoms with Gasteiger partial charge in [-0.1, -0.05) is 12.1 Å². The minimum Gasteiger partial charge on any atom is -0.465 e. The van der Waals surface area contributed by atoms with Crippen molar-refractivity contribution < 1.29 is 14.3 Å². The lowest BCUT2D eigenvalue weighted by atomic mass is 10.2. The van der Waals surface area contributed by atoms with Crippen LogP contribution < -0.4 is 4.90 Å². The zero-order valence-corrected chi connectivity index (χ0v) is 14.5. The highest BCUT2D eigenvalue weighted by molar-refractivity contribution is 7.15. The molecule has 23 heavy (non-hydrogen) atoms. The number of hydrogen-bond acceptors (Lipinski definition) is 5. The molecule has 0 saturated carbocycles. The van der Waals surface area contributed by atoms with E-state index in [2.05, 4.69) is 4.74 Å². The summed E-state index contributed by atoms with van der Waals surface area (Å²) >= 11 is 1.15. The third-order valence-corrected chi connectivity index (χ3v) is 4.48. The summed E-state index contributed by atoms with van der Waals surface area (Å²) in [6, 6.07) is 11.3. The maximum Gasteiger partial charge on any atom is 0.348 e. The number of esters is 1. The summed E-state index contributed by atoms with van der Waals surface area (Å²) in [5, 5.41) is 0. The summed E-state index contributed by atoms with van der Waals surface area (Å²) in [4.78, 5) is 28.5. The van der Waals surface area contributed by atoms with Gasteiger partial charge in [0.25, 0.3) is 5.91 Å². The van der Waals surface area contributed by atoms with Crippen LogP contribution in [0.25, 0.3) is 0 Å². The molecule has 0 aliphatic rings. The second-order valence-electron chi connectivity index (χ2n) is 5.38. The fourth-order valence-corrected chi connectivity index (χ4v) is 3.02. The van der Waals surface area contributed by atoms with Gasteiger partial charge < -0.3 is 14.5 Å². The number of hydrogen-bond donors (Lipinski definition) is 0. The number of nitrogens with zero attached hydrogens (tertiary/aromatic N) is 2. The van der Waals surface area contributed by atoms with Crippen LogP contribution in [0.2, 0.25) is 0 Å². The summed E-state index contributed by atoms with van der Waals surface area (Å²) in [7, 11) is 7.05. The Balaban J connectivity index is 2.04. The first-order chi connectivity index (χ1) is 10.9. The van der Waals surface area contributed by atoms with Crippen molar-refractivity contribution in [1.29, 1.82) is 0 Å². The third kappa shape index (κ3) is 4.10. The highest BCUT2D eigenvalue weighted by atomic mass is 32.1. The van der Waals surface area contributed by atoms with E-state index in [1.54, 1.807) is 24.1 Å². The van der Waals surface area contributed by atoms with E-state index in [1.807, 2.05) is 43.3 Å². The van der Waals surface area contributed by atoms with Crippen LogP contribution in [0.5, 0.6) is 0 Å². The Morgan fingerprint density at radius 1 is 1.00 bits per heavy atom. The largest absolute Gasteiger partial charge is 0.465 e. The first-order valence-electron chi connectivity index (χ1n) is 7.12. The van der Waals surface area contributed by atoms with Crippen LogP contribution in [0.15, 0.2) is 36.4 Å². The number of anilines is 1. The maximum atomic E-state index is 12.4. The van der Waals surface area contributed by atoms with Crippen LogP contribution in [0.3, 0.4) is 0 Å². The molecule has 0 atom stereocenters. The molecule has 1 heterocycles. The number of amides is 1. The summed E-state index contributed by atoms with van der Waals surface area (Å²) < 4.78 is 4.66. The van der Waals surface area contributed by atoms with Gasteiger partial charge in [0.2, 0.25) is 0 Å². The Hall–Kier alpha value is -2.34. The normalized spacial score (nSPS) is 10.3. The predicted molar refractivity (Wildman–Crippen MR) is 92.2 cm³/mol. The van der Waals surface area contributed by atoms with Crippen LogP contribution in [0.4, 0.5) is 5.69 Å². The molecule has 0 radical (unpaired) electrons. The molecule has 1 aromatic heterocycles. The van der Waals surface area contributed by atoms with Gasteiger partial charge >= 0.3 is 5.97 Å². The van der Waals surface area contributed by atoms with Crippen LogP contribution >= 0.6 is 11.3 Å². The van der Waals surface area contributed by atoms with Gasteiger partial charge in [-0.15, -0.1) is 11.3 Å². The van der Waals surface area contributed by atoms with Crippen LogP contribution in [-0.4, -0.2) is 45.0 Å². The summed E-state index contributed by atoms with van der Waals surface area (Å²) in [5.41, 5.74) is 2.17. The lowest BCUT2D eigenvalue weighted by Gasteiger charge is -2.17. The molecule has 1 aromatic carbocycles. The Labute approximate surface area is 140 Å². The van der Waals surface area contributed by atoms with Gasteiger partial charge in [0, 0.05) is 33.4 Å². The quantitative estimate of drug-likeness (QED) is 0.790. The van der Waals surface area contributed by atoms with Gasteiger partial charge in [0.1, 0.15) is 4.88 Å². The Morgan fingerprint density at radius 3 is 2.17 bits per heavy atom. The van der Waals surface area contributed by atoms with E-state index < -0.39 is 5.97 Å². The van der Waals surface area contributed by atoms with Crippen molar-refractivity contribution in [3.8, 4) is 0 Å². The van der Waals surface area contributed by atoms with E-state index in [-0.39, 0.29) is 5.91 Å². The molecule has 0 unspecified atom stereocenters. The number of benzene rings is 1. The van der Waals surface area contributed by atoms with Crippen molar-refractivity contribution in [2.75, 3.05) is 33.2 Å². The highest BCUT2D eigenvalue weighted by Gasteiger charge is 2.17. The zero-order valence-electron chi connectivity index (χ0n) is 13.7. The number of rotatable bonds is 5. The van der Waals surface area contributed by atoms with Gasteiger partial charge in [-0.25, -0.2) is 4.79 Å². The first kappa shape index (κ1) is 17.0. The lowest BCUT2D eigenvalue weighted by Crippen LogP contribution is -2.25. The van der Waals surface area contributed by atoms with Crippen LogP contribution in [-0.2, 0) is 11.3 Å². The predicted octanol–water partition coefficient (Wildman–Crippen LogP) is 2.87. The molecule has 0 N–H and O–H groups in total. The highest BCUT2D eigenvalue weighted by Crippen LogP contribution is 2.20. The molecular formula is C17H20N2O3S. The summed E-state index contributed by atoms with van der Waals surface area (Å²) in [6.07, 6.45) is 0. The van der Waals surface area contributed by atoms with Gasteiger partial charge in [0.05, 0.1) is 12.0 Å². The van der Waals surface area contributed by atoms with Crippen molar-refractivity contribution >= 4 is 28.9 Å². The van der Waals surface area contributed by atoms with E-state index in [4.69, 9.17) is 0 Å². The molecule has 0 spiro atoms. The second kappa shape index (κ2) is 7.28. The standard InChI is InChI=1S/C17H20N2O3S/c1-18(2)13-7-5-12(6-8-13)11-19(3)16(20)14-9-10-15(23-14)17(21)22-4/h5-10H,11H2,1-4H3. The number of methoxy groups -OCH3 is 1. The molecule has 1 amide bonds. The molecule has 0 saturated heterocycles. The number of ether oxygens (including phenoxy) is 1. The topological polar surface area (TPSA) is 49.9 Å². The van der Waals surface area contributed by atoms with E-state index in [9.17, 15) is 9.59 Å². The van der Waals surface area contributed by atoms with Crippen molar-refractivity contribution in [1.82, 2.24) is 4.90 Å². The molecule has 0 bridgehead atoms. The molecule has 122 valence electrons. The summed E-state index contributed by atoms with van der Waals surface area (Å²) in [6.45, 7) is 0.512. The third-order valence-electron chi connectivity index (χ3n) is 3.42.